The number of para-hydroxylation sites is 1. The van der Waals surface area contributed by atoms with Crippen molar-refractivity contribution in [1.82, 2.24) is 20.0 Å². The van der Waals surface area contributed by atoms with E-state index in [0.717, 1.165) is 79.7 Å². The molecule has 5 rings (SSSR count). The number of carbonyl (C=O) groups is 1. The van der Waals surface area contributed by atoms with Crippen molar-refractivity contribution in [2.75, 3.05) is 69.2 Å². The first-order chi connectivity index (χ1) is 15.6. The summed E-state index contributed by atoms with van der Waals surface area (Å²) < 4.78 is 0. The summed E-state index contributed by atoms with van der Waals surface area (Å²) in [7, 11) is 2.08. The van der Waals surface area contributed by atoms with E-state index in [1.807, 2.05) is 47.4 Å². The van der Waals surface area contributed by atoms with Crippen LogP contribution in [0.25, 0.3) is 10.8 Å². The van der Waals surface area contributed by atoms with Gasteiger partial charge in [-0.15, -0.1) is 10.2 Å². The van der Waals surface area contributed by atoms with Crippen LogP contribution in [0.15, 0.2) is 48.5 Å². The van der Waals surface area contributed by atoms with Gasteiger partial charge in [-0.1, -0.05) is 48.0 Å². The Balaban J connectivity index is 1.39. The van der Waals surface area contributed by atoms with Crippen molar-refractivity contribution < 1.29 is 4.79 Å². The Labute approximate surface area is 193 Å². The first-order valence-electron chi connectivity index (χ1n) is 11.1. The van der Waals surface area contributed by atoms with E-state index >= 15 is 0 Å². The van der Waals surface area contributed by atoms with Crippen LogP contribution in [0.3, 0.4) is 0 Å². The molecule has 0 aliphatic carbocycles. The van der Waals surface area contributed by atoms with E-state index in [4.69, 9.17) is 11.6 Å². The molecule has 32 heavy (non-hydrogen) atoms. The Hall–Kier alpha value is -2.90. The molecule has 2 fully saturated rings. The fourth-order valence-electron chi connectivity index (χ4n) is 4.51. The topological polar surface area (TPSA) is 55.8 Å². The third-order valence-electron chi connectivity index (χ3n) is 6.43. The maximum absolute atomic E-state index is 13.2. The molecule has 3 aromatic rings. The summed E-state index contributed by atoms with van der Waals surface area (Å²) in [6.07, 6.45) is 0. The SMILES string of the molecule is CN1CCN(C(=O)c2nnc(N3CCN(c4ccccc4Cl)CC3)c3ccccc23)CC1. The molecule has 0 bridgehead atoms. The van der Waals surface area contributed by atoms with Gasteiger partial charge in [0, 0.05) is 63.1 Å². The first kappa shape index (κ1) is 21.0. The van der Waals surface area contributed by atoms with Crippen LogP contribution >= 0.6 is 11.6 Å². The highest BCUT2D eigenvalue weighted by molar-refractivity contribution is 6.33. The Morgan fingerprint density at radius 1 is 0.781 bits per heavy atom. The van der Waals surface area contributed by atoms with Crippen LogP contribution in [0.5, 0.6) is 0 Å². The normalized spacial score (nSPS) is 17.8. The highest BCUT2D eigenvalue weighted by Crippen LogP contribution is 2.30. The van der Waals surface area contributed by atoms with Crippen LogP contribution < -0.4 is 9.80 Å². The summed E-state index contributed by atoms with van der Waals surface area (Å²) in [5, 5.41) is 11.6. The summed E-state index contributed by atoms with van der Waals surface area (Å²) in [4.78, 5) is 21.9. The number of carbonyl (C=O) groups excluding carboxylic acids is 1. The molecule has 3 heterocycles. The number of anilines is 2. The fraction of sp³-hybridized carbons (Fsp3) is 0.375. The Morgan fingerprint density at radius 2 is 1.41 bits per heavy atom. The second-order valence-corrected chi connectivity index (χ2v) is 8.85. The predicted octanol–water partition coefficient (Wildman–Crippen LogP) is 3.00. The molecular weight excluding hydrogens is 424 g/mol. The Morgan fingerprint density at radius 3 is 2.12 bits per heavy atom. The average Bonchev–Trinajstić information content (AvgIpc) is 2.84. The average molecular weight is 451 g/mol. The molecule has 1 aromatic heterocycles. The monoisotopic (exact) mass is 450 g/mol. The molecule has 1 amide bonds. The summed E-state index contributed by atoms with van der Waals surface area (Å²) in [6, 6.07) is 15.9. The van der Waals surface area contributed by atoms with Crippen LogP contribution in [0.1, 0.15) is 10.5 Å². The number of hydrogen-bond acceptors (Lipinski definition) is 6. The lowest BCUT2D eigenvalue weighted by Crippen LogP contribution is -2.48. The predicted molar refractivity (Wildman–Crippen MR) is 129 cm³/mol. The molecular formula is C24H27ClN6O. The molecule has 0 atom stereocenters. The van der Waals surface area contributed by atoms with Gasteiger partial charge in [-0.05, 0) is 19.2 Å². The number of amides is 1. The summed E-state index contributed by atoms with van der Waals surface area (Å²) in [5.41, 5.74) is 1.52. The minimum absolute atomic E-state index is 0.0307. The summed E-state index contributed by atoms with van der Waals surface area (Å²) in [6.45, 7) is 6.53. The van der Waals surface area contributed by atoms with E-state index < -0.39 is 0 Å². The van der Waals surface area contributed by atoms with Gasteiger partial charge in [-0.2, -0.15) is 0 Å². The molecule has 2 saturated heterocycles. The van der Waals surface area contributed by atoms with Crippen LogP contribution in [-0.4, -0.2) is 85.3 Å². The number of fused-ring (bicyclic) bond motifs is 1. The van der Waals surface area contributed by atoms with Crippen molar-refractivity contribution in [2.45, 2.75) is 0 Å². The van der Waals surface area contributed by atoms with Crippen molar-refractivity contribution in [3.05, 3.63) is 59.2 Å². The molecule has 2 aliphatic rings. The molecule has 0 radical (unpaired) electrons. The van der Waals surface area contributed by atoms with Gasteiger partial charge < -0.3 is 19.6 Å². The minimum atomic E-state index is -0.0307. The molecule has 7 nitrogen and oxygen atoms in total. The van der Waals surface area contributed by atoms with Crippen molar-refractivity contribution >= 4 is 39.8 Å². The second-order valence-electron chi connectivity index (χ2n) is 8.44. The summed E-state index contributed by atoms with van der Waals surface area (Å²) >= 11 is 6.39. The van der Waals surface area contributed by atoms with Crippen LogP contribution in [0.2, 0.25) is 5.02 Å². The van der Waals surface area contributed by atoms with E-state index in [1.54, 1.807) is 0 Å². The Kier molecular flexibility index (Phi) is 5.85. The first-order valence-corrected chi connectivity index (χ1v) is 11.5. The van der Waals surface area contributed by atoms with Crippen LogP contribution in [-0.2, 0) is 0 Å². The maximum atomic E-state index is 13.2. The third kappa shape index (κ3) is 3.98. The molecule has 0 saturated carbocycles. The van der Waals surface area contributed by atoms with Crippen molar-refractivity contribution in [3.8, 4) is 0 Å². The van der Waals surface area contributed by atoms with Gasteiger partial charge in [0.2, 0.25) is 0 Å². The standard InChI is InChI=1S/C24H27ClN6O/c1-28-10-12-31(13-11-28)24(32)22-18-6-2-3-7-19(18)23(27-26-22)30-16-14-29(15-17-30)21-9-5-4-8-20(21)25/h2-9H,10-17H2,1H3. The van der Waals surface area contributed by atoms with Gasteiger partial charge in [0.25, 0.3) is 5.91 Å². The van der Waals surface area contributed by atoms with E-state index in [1.165, 1.54) is 0 Å². The molecule has 0 unspecified atom stereocenters. The zero-order valence-corrected chi connectivity index (χ0v) is 19.0. The lowest BCUT2D eigenvalue weighted by atomic mass is 10.1. The maximum Gasteiger partial charge on any atom is 0.275 e. The van der Waals surface area contributed by atoms with E-state index in [2.05, 4.69) is 38.0 Å². The molecule has 2 aliphatic heterocycles. The second kappa shape index (κ2) is 8.92. The van der Waals surface area contributed by atoms with Crippen molar-refractivity contribution in [1.29, 1.82) is 0 Å². The number of benzene rings is 2. The number of hydrogen-bond donors (Lipinski definition) is 0. The zero-order chi connectivity index (χ0) is 22.1. The lowest BCUT2D eigenvalue weighted by Gasteiger charge is -2.37. The fourth-order valence-corrected chi connectivity index (χ4v) is 4.76. The number of likely N-dealkylation sites (N-methyl/N-ethyl adjacent to an activating group) is 1. The van der Waals surface area contributed by atoms with Crippen LogP contribution in [0, 0.1) is 0 Å². The smallest absolute Gasteiger partial charge is 0.275 e. The molecule has 2 aromatic carbocycles. The van der Waals surface area contributed by atoms with Gasteiger partial charge in [0.15, 0.2) is 11.5 Å². The van der Waals surface area contributed by atoms with Crippen molar-refractivity contribution in [2.24, 2.45) is 0 Å². The highest BCUT2D eigenvalue weighted by Gasteiger charge is 2.26. The third-order valence-corrected chi connectivity index (χ3v) is 6.75. The zero-order valence-electron chi connectivity index (χ0n) is 18.2. The Bertz CT molecular complexity index is 1120. The number of piperazine rings is 2. The van der Waals surface area contributed by atoms with E-state index in [9.17, 15) is 4.79 Å². The quantitative estimate of drug-likeness (QED) is 0.611. The largest absolute Gasteiger partial charge is 0.367 e. The van der Waals surface area contributed by atoms with E-state index in [-0.39, 0.29) is 5.91 Å². The molecule has 0 spiro atoms. The van der Waals surface area contributed by atoms with Gasteiger partial charge in [0.1, 0.15) is 0 Å². The van der Waals surface area contributed by atoms with Gasteiger partial charge in [-0.3, -0.25) is 4.79 Å². The molecule has 0 N–H and O–H groups in total. The molecule has 166 valence electrons. The number of nitrogens with zero attached hydrogens (tertiary/aromatic N) is 6. The van der Waals surface area contributed by atoms with Crippen LogP contribution in [0.4, 0.5) is 11.5 Å². The number of halogens is 1. The number of rotatable bonds is 3. The summed E-state index contributed by atoms with van der Waals surface area (Å²) in [5.74, 6) is 0.811. The van der Waals surface area contributed by atoms with Crippen molar-refractivity contribution in [3.63, 3.8) is 0 Å². The highest BCUT2D eigenvalue weighted by atomic mass is 35.5. The van der Waals surface area contributed by atoms with Gasteiger partial charge in [0.05, 0.1) is 10.7 Å². The number of aromatic nitrogens is 2. The van der Waals surface area contributed by atoms with Gasteiger partial charge >= 0.3 is 0 Å². The van der Waals surface area contributed by atoms with E-state index in [0.29, 0.717) is 5.69 Å². The lowest BCUT2D eigenvalue weighted by molar-refractivity contribution is 0.0659. The minimum Gasteiger partial charge on any atom is -0.367 e. The molecule has 8 heteroatoms. The van der Waals surface area contributed by atoms with Gasteiger partial charge in [-0.25, -0.2) is 0 Å².